The SMILES string of the molecule is C[C@]12[C@@H]3O[C@@H]4O[C@]1(CC[C@@H]1[C@@H]2C(=O)C[C@@]2(C)[C@H]1CCC21OCCO1)C[C@@H]([C@H]3O)N4C=O. The van der Waals surface area contributed by atoms with Gasteiger partial charge in [-0.05, 0) is 31.1 Å². The fourth-order valence-electron chi connectivity index (χ4n) is 9.43. The van der Waals surface area contributed by atoms with Gasteiger partial charge in [-0.2, -0.15) is 0 Å². The lowest BCUT2D eigenvalue weighted by Crippen LogP contribution is -2.84. The van der Waals surface area contributed by atoms with Gasteiger partial charge >= 0.3 is 0 Å². The monoisotopic (exact) mass is 433 g/mol. The summed E-state index contributed by atoms with van der Waals surface area (Å²) in [6.45, 7) is 5.49. The predicted octanol–water partition coefficient (Wildman–Crippen LogP) is 1.19. The Morgan fingerprint density at radius 3 is 2.68 bits per heavy atom. The van der Waals surface area contributed by atoms with E-state index in [0.717, 1.165) is 25.7 Å². The molecule has 4 heterocycles. The molecule has 1 amide bonds. The van der Waals surface area contributed by atoms with Gasteiger partial charge in [0.2, 0.25) is 12.8 Å². The summed E-state index contributed by atoms with van der Waals surface area (Å²) in [6.07, 6.45) is 3.21. The van der Waals surface area contributed by atoms with Crippen LogP contribution >= 0.6 is 0 Å². The maximum absolute atomic E-state index is 14.0. The summed E-state index contributed by atoms with van der Waals surface area (Å²) in [4.78, 5) is 27.0. The predicted molar refractivity (Wildman–Crippen MR) is 104 cm³/mol. The number of Topliss-reactive ketones (excluding diaryl/α,β-unsaturated/α-hetero) is 1. The van der Waals surface area contributed by atoms with Gasteiger partial charge < -0.3 is 24.1 Å². The van der Waals surface area contributed by atoms with Crippen molar-refractivity contribution in [1.82, 2.24) is 4.90 Å². The molecule has 0 aromatic carbocycles. The number of carbonyl (C=O) groups is 2. The van der Waals surface area contributed by atoms with Crippen molar-refractivity contribution in [1.29, 1.82) is 0 Å². The van der Waals surface area contributed by atoms with E-state index in [4.69, 9.17) is 18.9 Å². The van der Waals surface area contributed by atoms with Crippen LogP contribution in [-0.4, -0.2) is 71.5 Å². The molecule has 2 spiro atoms. The number of hydrogen-bond acceptors (Lipinski definition) is 7. The zero-order valence-electron chi connectivity index (χ0n) is 18.1. The van der Waals surface area contributed by atoms with Gasteiger partial charge in [0.1, 0.15) is 11.9 Å². The van der Waals surface area contributed by atoms with E-state index in [-0.39, 0.29) is 29.1 Å². The molecule has 0 unspecified atom stereocenters. The number of rotatable bonds is 1. The fraction of sp³-hybridized carbons (Fsp3) is 0.913. The summed E-state index contributed by atoms with van der Waals surface area (Å²) in [7, 11) is 0. The van der Waals surface area contributed by atoms with Gasteiger partial charge in [0.15, 0.2) is 5.79 Å². The molecule has 4 aliphatic carbocycles. The first kappa shape index (κ1) is 19.4. The molecule has 8 rings (SSSR count). The standard InChI is InChI=1S/C23H31NO7/c1-20-10-15(26)16-12(13(20)4-6-23(20)28-7-8-29-23)3-5-22-9-14-17(27)18(21(16,22)2)30-19(31-22)24(14)11-25/h11-14,16-19,27H,3-10H2,1-2H3/t12-,13-,14-,16+,17+,18+,19+,20-,21-,22+/m0/s1. The second-order valence-electron chi connectivity index (χ2n) is 11.4. The van der Waals surface area contributed by atoms with E-state index in [2.05, 4.69) is 13.8 Å². The number of carbonyl (C=O) groups excluding carboxylic acids is 2. The molecule has 8 nitrogen and oxygen atoms in total. The molecule has 8 fully saturated rings. The van der Waals surface area contributed by atoms with Gasteiger partial charge in [-0.1, -0.05) is 13.8 Å². The molecule has 4 bridgehead atoms. The Hall–Kier alpha value is -1.06. The highest BCUT2D eigenvalue weighted by Crippen LogP contribution is 2.72. The molecule has 8 heteroatoms. The molecule has 8 aliphatic rings. The Bertz CT molecular complexity index is 859. The normalized spacial score (nSPS) is 58.4. The zero-order valence-corrected chi connectivity index (χ0v) is 18.1. The van der Waals surface area contributed by atoms with E-state index in [0.29, 0.717) is 38.4 Å². The summed E-state index contributed by atoms with van der Waals surface area (Å²) >= 11 is 0. The van der Waals surface area contributed by atoms with Crippen LogP contribution in [0, 0.1) is 28.6 Å². The first-order valence-corrected chi connectivity index (χ1v) is 11.8. The third-order valence-electron chi connectivity index (χ3n) is 10.7. The summed E-state index contributed by atoms with van der Waals surface area (Å²) in [5.41, 5.74) is -1.46. The molecule has 31 heavy (non-hydrogen) atoms. The van der Waals surface area contributed by atoms with Crippen molar-refractivity contribution in [3.8, 4) is 0 Å². The summed E-state index contributed by atoms with van der Waals surface area (Å²) in [5.74, 6) is -0.0866. The smallest absolute Gasteiger partial charge is 0.243 e. The van der Waals surface area contributed by atoms with Gasteiger partial charge in [0, 0.05) is 36.0 Å². The van der Waals surface area contributed by atoms with E-state index < -0.39 is 35.4 Å². The van der Waals surface area contributed by atoms with Crippen molar-refractivity contribution in [2.24, 2.45) is 28.6 Å². The molecule has 4 aliphatic heterocycles. The van der Waals surface area contributed by atoms with Gasteiger partial charge in [-0.15, -0.1) is 0 Å². The number of ether oxygens (including phenoxy) is 4. The van der Waals surface area contributed by atoms with Crippen LogP contribution in [0.5, 0.6) is 0 Å². The largest absolute Gasteiger partial charge is 0.388 e. The number of ketones is 1. The van der Waals surface area contributed by atoms with Crippen molar-refractivity contribution in [2.75, 3.05) is 13.2 Å². The van der Waals surface area contributed by atoms with Crippen molar-refractivity contribution in [3.63, 3.8) is 0 Å². The number of aliphatic hydroxyl groups excluding tert-OH is 1. The highest BCUT2D eigenvalue weighted by Gasteiger charge is 2.78. The average Bonchev–Trinajstić information content (AvgIpc) is 3.32. The first-order valence-electron chi connectivity index (χ1n) is 11.8. The average molecular weight is 434 g/mol. The third-order valence-corrected chi connectivity index (χ3v) is 10.7. The third kappa shape index (κ3) is 1.91. The molecule has 170 valence electrons. The van der Waals surface area contributed by atoms with E-state index in [1.54, 1.807) is 0 Å². The minimum Gasteiger partial charge on any atom is -0.388 e. The summed E-state index contributed by atoms with van der Waals surface area (Å²) < 4.78 is 24.9. The summed E-state index contributed by atoms with van der Waals surface area (Å²) in [5, 5.41) is 11.2. The molecule has 1 N–H and O–H groups in total. The minimum atomic E-state index is -0.806. The minimum absolute atomic E-state index is 0.202. The highest BCUT2D eigenvalue weighted by molar-refractivity contribution is 5.85. The molecule has 4 saturated heterocycles. The molecule has 10 atom stereocenters. The van der Waals surface area contributed by atoms with Crippen molar-refractivity contribution < 1.29 is 33.6 Å². The Balaban J connectivity index is 1.31. The number of amides is 1. The molecular formula is C23H31NO7. The number of nitrogens with zero attached hydrogens (tertiary/aromatic N) is 1. The highest BCUT2D eigenvalue weighted by atomic mass is 16.7. The first-order chi connectivity index (χ1) is 14.8. The Labute approximate surface area is 181 Å². The number of hydrogen-bond donors (Lipinski definition) is 1. The molecule has 0 aromatic rings. The lowest BCUT2D eigenvalue weighted by atomic mass is 9.41. The summed E-state index contributed by atoms with van der Waals surface area (Å²) in [6, 6.07) is -0.307. The van der Waals surface area contributed by atoms with Gasteiger partial charge in [0.05, 0.1) is 31.0 Å². The van der Waals surface area contributed by atoms with Gasteiger partial charge in [-0.3, -0.25) is 14.5 Å². The number of aliphatic hydroxyl groups is 1. The topological polar surface area (TPSA) is 94.5 Å². The molecule has 0 radical (unpaired) electrons. The quantitative estimate of drug-likeness (QED) is 0.621. The van der Waals surface area contributed by atoms with Crippen LogP contribution in [0.25, 0.3) is 0 Å². The maximum atomic E-state index is 14.0. The van der Waals surface area contributed by atoms with Gasteiger partial charge in [0.25, 0.3) is 0 Å². The lowest BCUT2D eigenvalue weighted by Gasteiger charge is -2.73. The van der Waals surface area contributed by atoms with Gasteiger partial charge in [-0.25, -0.2) is 0 Å². The van der Waals surface area contributed by atoms with Crippen molar-refractivity contribution >= 4 is 12.2 Å². The van der Waals surface area contributed by atoms with Crippen molar-refractivity contribution in [3.05, 3.63) is 0 Å². The van der Waals surface area contributed by atoms with Crippen LogP contribution in [0.1, 0.15) is 52.4 Å². The van der Waals surface area contributed by atoms with E-state index in [1.807, 2.05) is 0 Å². The molecule has 4 saturated carbocycles. The van der Waals surface area contributed by atoms with Crippen molar-refractivity contribution in [2.45, 2.75) is 88.4 Å². The van der Waals surface area contributed by atoms with Crippen LogP contribution < -0.4 is 0 Å². The van der Waals surface area contributed by atoms with Crippen LogP contribution in [0.4, 0.5) is 0 Å². The van der Waals surface area contributed by atoms with Crippen LogP contribution in [0.2, 0.25) is 0 Å². The number of fused-ring (bicyclic) bond motifs is 4. The second kappa shape index (κ2) is 5.70. The molecular weight excluding hydrogens is 402 g/mol. The Kier molecular flexibility index (Phi) is 3.57. The molecule has 0 aromatic heterocycles. The van der Waals surface area contributed by atoms with E-state index in [1.165, 1.54) is 4.90 Å². The zero-order chi connectivity index (χ0) is 21.4. The van der Waals surface area contributed by atoms with Crippen LogP contribution in [0.3, 0.4) is 0 Å². The van der Waals surface area contributed by atoms with Crippen LogP contribution in [-0.2, 0) is 28.5 Å². The second-order valence-corrected chi connectivity index (χ2v) is 11.4. The fourth-order valence-corrected chi connectivity index (χ4v) is 9.43. The lowest BCUT2D eigenvalue weighted by molar-refractivity contribution is -0.462. The van der Waals surface area contributed by atoms with E-state index in [9.17, 15) is 14.7 Å². The maximum Gasteiger partial charge on any atom is 0.243 e. The Morgan fingerprint density at radius 1 is 1.16 bits per heavy atom. The van der Waals surface area contributed by atoms with E-state index >= 15 is 0 Å². The Morgan fingerprint density at radius 2 is 1.94 bits per heavy atom. The van der Waals surface area contributed by atoms with Crippen LogP contribution in [0.15, 0.2) is 0 Å².